The normalized spacial score (nSPS) is 12.3. The van der Waals surface area contributed by atoms with E-state index in [9.17, 15) is 4.79 Å². The van der Waals surface area contributed by atoms with E-state index in [-0.39, 0.29) is 11.9 Å². The average molecular weight is 252 g/mol. The van der Waals surface area contributed by atoms with E-state index in [0.717, 1.165) is 32.5 Å². The third-order valence-electron chi connectivity index (χ3n) is 2.88. The molecule has 102 valence electrons. The maximum absolute atomic E-state index is 11.5. The maximum Gasteiger partial charge on any atom is 0.221 e. The Labute approximate surface area is 109 Å². The van der Waals surface area contributed by atoms with Crippen LogP contribution >= 0.6 is 0 Å². The second kappa shape index (κ2) is 8.69. The molecule has 1 aromatic rings. The van der Waals surface area contributed by atoms with E-state index in [4.69, 9.17) is 0 Å². The van der Waals surface area contributed by atoms with Gasteiger partial charge in [-0.25, -0.2) is 4.98 Å². The standard InChI is InChI=1S/C13H24N4O/c1-3-12(2)16-13(18)5-7-14-6-4-9-17-10-8-15-11-17/h8,10-12,14H,3-7,9H2,1-2H3,(H,16,18). The molecule has 1 unspecified atom stereocenters. The van der Waals surface area contributed by atoms with Gasteiger partial charge in [0.25, 0.3) is 0 Å². The number of nitrogens with one attached hydrogen (secondary N) is 2. The Hall–Kier alpha value is -1.36. The Kier molecular flexibility index (Phi) is 7.10. The highest BCUT2D eigenvalue weighted by Gasteiger charge is 2.04. The van der Waals surface area contributed by atoms with Gasteiger partial charge in [0.2, 0.25) is 5.91 Å². The van der Waals surface area contributed by atoms with Gasteiger partial charge in [-0.05, 0) is 26.3 Å². The predicted molar refractivity (Wildman–Crippen MR) is 72.2 cm³/mol. The summed E-state index contributed by atoms with van der Waals surface area (Å²) < 4.78 is 2.05. The average Bonchev–Trinajstić information content (AvgIpc) is 2.86. The molecule has 0 saturated heterocycles. The first-order valence-corrected chi connectivity index (χ1v) is 6.68. The molecule has 0 spiro atoms. The zero-order valence-corrected chi connectivity index (χ0v) is 11.4. The third kappa shape index (κ3) is 6.39. The predicted octanol–water partition coefficient (Wildman–Crippen LogP) is 1.17. The molecule has 5 nitrogen and oxygen atoms in total. The van der Waals surface area contributed by atoms with Crippen molar-refractivity contribution < 1.29 is 4.79 Å². The van der Waals surface area contributed by atoms with E-state index in [1.54, 1.807) is 6.20 Å². The molecule has 1 heterocycles. The highest BCUT2D eigenvalue weighted by molar-refractivity contribution is 5.76. The summed E-state index contributed by atoms with van der Waals surface area (Å²) in [4.78, 5) is 15.5. The van der Waals surface area contributed by atoms with Crippen molar-refractivity contribution in [3.8, 4) is 0 Å². The van der Waals surface area contributed by atoms with Crippen LogP contribution in [0.5, 0.6) is 0 Å². The van der Waals surface area contributed by atoms with E-state index in [2.05, 4.69) is 27.1 Å². The number of rotatable bonds is 9. The second-order valence-corrected chi connectivity index (χ2v) is 4.53. The highest BCUT2D eigenvalue weighted by Crippen LogP contribution is 1.90. The fourth-order valence-electron chi connectivity index (χ4n) is 1.58. The Morgan fingerprint density at radius 2 is 2.28 bits per heavy atom. The molecule has 0 radical (unpaired) electrons. The number of hydrogen-bond acceptors (Lipinski definition) is 3. The quantitative estimate of drug-likeness (QED) is 0.649. The molecule has 1 aromatic heterocycles. The molecule has 0 bridgehead atoms. The molecule has 2 N–H and O–H groups in total. The van der Waals surface area contributed by atoms with Gasteiger partial charge in [-0.3, -0.25) is 4.79 Å². The Balaban J connectivity index is 1.93. The second-order valence-electron chi connectivity index (χ2n) is 4.53. The zero-order valence-electron chi connectivity index (χ0n) is 11.4. The molecule has 1 amide bonds. The number of hydrogen-bond donors (Lipinski definition) is 2. The van der Waals surface area contributed by atoms with Crippen LogP contribution in [0.3, 0.4) is 0 Å². The van der Waals surface area contributed by atoms with Crippen molar-refractivity contribution in [3.05, 3.63) is 18.7 Å². The molecular formula is C13H24N4O. The first-order valence-electron chi connectivity index (χ1n) is 6.68. The first-order chi connectivity index (χ1) is 8.72. The number of nitrogens with zero attached hydrogens (tertiary/aromatic N) is 2. The lowest BCUT2D eigenvalue weighted by atomic mass is 10.2. The van der Waals surface area contributed by atoms with Crippen LogP contribution in [0.15, 0.2) is 18.7 Å². The molecule has 0 aliphatic carbocycles. The number of aryl methyl sites for hydroxylation is 1. The van der Waals surface area contributed by atoms with E-state index >= 15 is 0 Å². The van der Waals surface area contributed by atoms with Crippen LogP contribution in [0, 0.1) is 0 Å². The number of carbonyl (C=O) groups is 1. The van der Waals surface area contributed by atoms with Gasteiger partial charge in [-0.1, -0.05) is 6.92 Å². The summed E-state index contributed by atoms with van der Waals surface area (Å²) in [6.07, 6.45) is 8.13. The smallest absolute Gasteiger partial charge is 0.221 e. The highest BCUT2D eigenvalue weighted by atomic mass is 16.1. The lowest BCUT2D eigenvalue weighted by Crippen LogP contribution is -2.34. The first kappa shape index (κ1) is 14.7. The summed E-state index contributed by atoms with van der Waals surface area (Å²) in [6, 6.07) is 0.277. The van der Waals surface area contributed by atoms with Crippen LogP contribution in [-0.4, -0.2) is 34.6 Å². The fraction of sp³-hybridized carbons (Fsp3) is 0.692. The van der Waals surface area contributed by atoms with Crippen LogP contribution in [0.25, 0.3) is 0 Å². The molecule has 0 aliphatic heterocycles. The lowest BCUT2D eigenvalue weighted by Gasteiger charge is -2.11. The summed E-state index contributed by atoms with van der Waals surface area (Å²) in [5.41, 5.74) is 0. The topological polar surface area (TPSA) is 59.0 Å². The lowest BCUT2D eigenvalue weighted by molar-refractivity contribution is -0.121. The van der Waals surface area contributed by atoms with E-state index in [0.29, 0.717) is 6.42 Å². The summed E-state index contributed by atoms with van der Waals surface area (Å²) in [5, 5.41) is 6.23. The molecule has 0 fully saturated rings. The fourth-order valence-corrected chi connectivity index (χ4v) is 1.58. The van der Waals surface area contributed by atoms with Crippen molar-refractivity contribution in [1.29, 1.82) is 0 Å². The van der Waals surface area contributed by atoms with Gasteiger partial charge in [-0.15, -0.1) is 0 Å². The number of aromatic nitrogens is 2. The van der Waals surface area contributed by atoms with Crippen LogP contribution < -0.4 is 10.6 Å². The van der Waals surface area contributed by atoms with Gasteiger partial charge in [0.05, 0.1) is 6.33 Å². The van der Waals surface area contributed by atoms with Gasteiger partial charge >= 0.3 is 0 Å². The van der Waals surface area contributed by atoms with Crippen molar-refractivity contribution >= 4 is 5.91 Å². The maximum atomic E-state index is 11.5. The van der Waals surface area contributed by atoms with Crippen LogP contribution in [0.2, 0.25) is 0 Å². The van der Waals surface area contributed by atoms with Gasteiger partial charge < -0.3 is 15.2 Å². The SMILES string of the molecule is CCC(C)NC(=O)CCNCCCn1ccnc1. The van der Waals surface area contributed by atoms with Crippen molar-refractivity contribution in [2.45, 2.75) is 45.7 Å². The Morgan fingerprint density at radius 1 is 1.44 bits per heavy atom. The summed E-state index contributed by atoms with van der Waals surface area (Å²) >= 11 is 0. The van der Waals surface area contributed by atoms with Gasteiger partial charge in [0.1, 0.15) is 0 Å². The Bertz CT molecular complexity index is 324. The van der Waals surface area contributed by atoms with E-state index in [1.807, 2.05) is 19.4 Å². The number of carbonyl (C=O) groups excluding carboxylic acids is 1. The minimum absolute atomic E-state index is 0.131. The van der Waals surface area contributed by atoms with Gasteiger partial charge in [-0.2, -0.15) is 0 Å². The minimum Gasteiger partial charge on any atom is -0.354 e. The summed E-state index contributed by atoms with van der Waals surface area (Å²) in [5.74, 6) is 0.131. The molecule has 0 aromatic carbocycles. The number of imidazole rings is 1. The van der Waals surface area contributed by atoms with E-state index in [1.165, 1.54) is 0 Å². The van der Waals surface area contributed by atoms with Crippen LogP contribution in [0.4, 0.5) is 0 Å². The molecule has 1 rings (SSSR count). The molecule has 0 aliphatic rings. The molecule has 1 atom stereocenters. The molecule has 0 saturated carbocycles. The monoisotopic (exact) mass is 252 g/mol. The van der Waals surface area contributed by atoms with Crippen molar-refractivity contribution in [1.82, 2.24) is 20.2 Å². The van der Waals surface area contributed by atoms with E-state index < -0.39 is 0 Å². The van der Waals surface area contributed by atoms with Crippen molar-refractivity contribution in [2.75, 3.05) is 13.1 Å². The molecule has 5 heteroatoms. The van der Waals surface area contributed by atoms with Gasteiger partial charge in [0.15, 0.2) is 0 Å². The largest absolute Gasteiger partial charge is 0.354 e. The third-order valence-corrected chi connectivity index (χ3v) is 2.88. The van der Waals surface area contributed by atoms with Gasteiger partial charge in [0, 0.05) is 37.9 Å². The summed E-state index contributed by atoms with van der Waals surface area (Å²) in [6.45, 7) is 6.73. The molecule has 18 heavy (non-hydrogen) atoms. The van der Waals surface area contributed by atoms with Crippen LogP contribution in [0.1, 0.15) is 33.1 Å². The zero-order chi connectivity index (χ0) is 13.2. The van der Waals surface area contributed by atoms with Crippen LogP contribution in [-0.2, 0) is 11.3 Å². The number of amides is 1. The minimum atomic E-state index is 0.131. The summed E-state index contributed by atoms with van der Waals surface area (Å²) in [7, 11) is 0. The van der Waals surface area contributed by atoms with Crippen molar-refractivity contribution in [2.24, 2.45) is 0 Å². The van der Waals surface area contributed by atoms with Crippen molar-refractivity contribution in [3.63, 3.8) is 0 Å². The molecular weight excluding hydrogens is 228 g/mol. The Morgan fingerprint density at radius 3 is 2.94 bits per heavy atom.